The summed E-state index contributed by atoms with van der Waals surface area (Å²) in [6.07, 6.45) is 7.09. The molecule has 293 valence electrons. The number of nitrogens with zero attached hydrogens (tertiary/aromatic N) is 1. The number of hydrogen-bond donors (Lipinski definition) is 1. The molecule has 0 bridgehead atoms. The zero-order valence-corrected chi connectivity index (χ0v) is 40.6. The SMILES string of the molecule is CCC(CC)C(=O)/C=C(\O)C(CC)CC.Cc1c(-c2ccc([Si](C)(C)C)cc2)sc2c(-c3[c-]c4ccccc4c(C(C)(C)C)c3)ncc([Si](C)(C)C)c12.[Ir]. The van der Waals surface area contributed by atoms with Crippen LogP contribution in [0.25, 0.3) is 42.6 Å². The van der Waals surface area contributed by atoms with Crippen LogP contribution in [-0.4, -0.2) is 32.0 Å². The number of carbonyl (C=O) groups excluding carboxylic acids is 1. The van der Waals surface area contributed by atoms with Gasteiger partial charge >= 0.3 is 0 Å². The fourth-order valence-corrected chi connectivity index (χ4v) is 11.3. The zero-order chi connectivity index (χ0) is 39.5. The molecule has 0 spiro atoms. The zero-order valence-electron chi connectivity index (χ0n) is 35.4. The van der Waals surface area contributed by atoms with Gasteiger partial charge in [-0.1, -0.05) is 146 Å². The van der Waals surface area contributed by atoms with Gasteiger partial charge in [0.05, 0.1) is 21.9 Å². The van der Waals surface area contributed by atoms with E-state index in [-0.39, 0.29) is 48.9 Å². The van der Waals surface area contributed by atoms with E-state index in [0.717, 1.165) is 42.3 Å². The average molecular weight is 955 g/mol. The Balaban J connectivity index is 0.000000418. The van der Waals surface area contributed by atoms with Crippen molar-refractivity contribution in [2.45, 2.75) is 126 Å². The number of hydrogen-bond acceptors (Lipinski definition) is 4. The van der Waals surface area contributed by atoms with Gasteiger partial charge in [-0.05, 0) is 59.7 Å². The maximum absolute atomic E-state index is 11.7. The molecule has 0 unspecified atom stereocenters. The Bertz CT molecular complexity index is 2070. The number of aliphatic hydroxyl groups is 1. The standard InChI is InChI=1S/C34H40NSSi2.C13H24O2.Ir/c1-22-30-29(38(8,9)10)21-35-31(25-19-24-13-11-12-14-27(24)28(20-25)34(2,3)4)33(30)36-32(22)23-15-17-26(18-16-23)37(5,6)7;1-5-10(6-2)12(14)9-13(15)11(7-3)8-4;/h11-18,20-21H,1-10H3;9-11,14H,5-8H2,1-4H3;/q-1;;/b;12-9-;. The third-order valence-corrected chi connectivity index (χ3v) is 16.1. The summed E-state index contributed by atoms with van der Waals surface area (Å²) in [7, 11) is -2.96. The van der Waals surface area contributed by atoms with E-state index < -0.39 is 16.1 Å². The number of aromatic nitrogens is 1. The first kappa shape index (κ1) is 45.7. The van der Waals surface area contributed by atoms with Crippen molar-refractivity contribution in [3.63, 3.8) is 0 Å². The molecule has 0 aliphatic carbocycles. The molecular weight excluding hydrogens is 891 g/mol. The van der Waals surface area contributed by atoms with Gasteiger partial charge < -0.3 is 5.11 Å². The van der Waals surface area contributed by atoms with Gasteiger partial charge in [-0.15, -0.1) is 40.5 Å². The first-order chi connectivity index (χ1) is 24.8. The number of pyridine rings is 1. The Labute approximate surface area is 346 Å². The molecule has 0 atom stereocenters. The van der Waals surface area contributed by atoms with Gasteiger partial charge in [0.25, 0.3) is 0 Å². The number of rotatable bonds is 11. The molecule has 0 saturated heterocycles. The minimum absolute atomic E-state index is 0. The molecule has 2 aromatic heterocycles. The normalized spacial score (nSPS) is 12.6. The van der Waals surface area contributed by atoms with Crippen molar-refractivity contribution in [2.24, 2.45) is 11.8 Å². The molecule has 0 amide bonds. The molecule has 7 heteroatoms. The van der Waals surface area contributed by atoms with Gasteiger partial charge in [-0.2, -0.15) is 0 Å². The number of fused-ring (bicyclic) bond motifs is 2. The van der Waals surface area contributed by atoms with E-state index in [1.54, 1.807) is 0 Å². The molecule has 3 aromatic carbocycles. The van der Waals surface area contributed by atoms with Gasteiger partial charge in [0.15, 0.2) is 5.78 Å². The minimum atomic E-state index is -1.62. The Morgan fingerprint density at radius 1 is 0.870 bits per heavy atom. The Kier molecular flexibility index (Phi) is 15.7. The van der Waals surface area contributed by atoms with E-state index in [1.807, 2.05) is 39.0 Å². The van der Waals surface area contributed by atoms with E-state index in [4.69, 9.17) is 4.98 Å². The fourth-order valence-electron chi connectivity index (χ4n) is 7.17. The summed E-state index contributed by atoms with van der Waals surface area (Å²) in [6.45, 7) is 31.8. The van der Waals surface area contributed by atoms with Crippen molar-refractivity contribution in [1.29, 1.82) is 0 Å². The van der Waals surface area contributed by atoms with Crippen molar-refractivity contribution >= 4 is 64.5 Å². The minimum Gasteiger partial charge on any atom is -0.512 e. The van der Waals surface area contributed by atoms with Gasteiger partial charge in [0, 0.05) is 59.5 Å². The van der Waals surface area contributed by atoms with Crippen molar-refractivity contribution < 1.29 is 30.0 Å². The number of thiophene rings is 1. The summed E-state index contributed by atoms with van der Waals surface area (Å²) >= 11 is 1.91. The van der Waals surface area contributed by atoms with Gasteiger partial charge in [-0.25, -0.2) is 0 Å². The number of aryl methyl sites for hydroxylation is 1. The van der Waals surface area contributed by atoms with Crippen LogP contribution in [0.4, 0.5) is 0 Å². The molecule has 0 saturated carbocycles. The van der Waals surface area contributed by atoms with Gasteiger partial charge in [-0.3, -0.25) is 9.78 Å². The van der Waals surface area contributed by atoms with Crippen LogP contribution in [0.5, 0.6) is 0 Å². The molecule has 0 aliphatic heterocycles. The summed E-state index contributed by atoms with van der Waals surface area (Å²) in [5.74, 6) is 0.547. The molecular formula is C47H64IrNO2SSi2-. The van der Waals surface area contributed by atoms with Crippen LogP contribution in [0.3, 0.4) is 0 Å². The van der Waals surface area contributed by atoms with Gasteiger partial charge in [0.1, 0.15) is 0 Å². The predicted octanol–water partition coefficient (Wildman–Crippen LogP) is 13.1. The molecule has 0 fully saturated rings. The van der Waals surface area contributed by atoms with Crippen LogP contribution < -0.4 is 10.4 Å². The van der Waals surface area contributed by atoms with Crippen LogP contribution in [0.15, 0.2) is 72.6 Å². The topological polar surface area (TPSA) is 50.2 Å². The molecule has 54 heavy (non-hydrogen) atoms. The number of allylic oxidation sites excluding steroid dienone is 2. The second-order valence-corrected chi connectivity index (χ2v) is 28.9. The number of aliphatic hydroxyl groups excluding tert-OH is 1. The first-order valence-corrected chi connectivity index (χ1v) is 27.5. The maximum atomic E-state index is 11.7. The Morgan fingerprint density at radius 3 is 1.96 bits per heavy atom. The molecule has 1 radical (unpaired) electrons. The van der Waals surface area contributed by atoms with Crippen molar-refractivity contribution in [1.82, 2.24) is 4.98 Å². The second-order valence-electron chi connectivity index (χ2n) is 17.7. The maximum Gasteiger partial charge on any atom is 0.162 e. The van der Waals surface area contributed by atoms with Crippen molar-refractivity contribution in [3.05, 3.63) is 89.8 Å². The molecule has 0 aliphatic rings. The van der Waals surface area contributed by atoms with Crippen molar-refractivity contribution in [3.8, 4) is 21.7 Å². The molecule has 1 N–H and O–H groups in total. The molecule has 5 aromatic rings. The molecule has 5 rings (SSSR count). The van der Waals surface area contributed by atoms with Crippen LogP contribution in [0.2, 0.25) is 39.3 Å². The second kappa shape index (κ2) is 18.5. The fraction of sp³-hybridized carbons (Fsp3) is 0.447. The quantitative estimate of drug-likeness (QED) is 0.0621. The monoisotopic (exact) mass is 955 g/mol. The third kappa shape index (κ3) is 10.4. The first-order valence-electron chi connectivity index (χ1n) is 19.7. The number of carbonyl (C=O) groups is 1. The third-order valence-electron chi connectivity index (χ3n) is 10.7. The summed E-state index contributed by atoms with van der Waals surface area (Å²) in [5.41, 5.74) is 6.25. The molecule has 3 nitrogen and oxygen atoms in total. The Hall–Kier alpha value is -2.68. The smallest absolute Gasteiger partial charge is 0.162 e. The summed E-state index contributed by atoms with van der Waals surface area (Å²) in [4.78, 5) is 18.3. The van der Waals surface area contributed by atoms with Crippen LogP contribution in [-0.2, 0) is 30.3 Å². The predicted molar refractivity (Wildman–Crippen MR) is 240 cm³/mol. The Morgan fingerprint density at radius 2 is 1.44 bits per heavy atom. The van der Waals surface area contributed by atoms with E-state index in [9.17, 15) is 9.90 Å². The number of benzene rings is 3. The van der Waals surface area contributed by atoms with Crippen LogP contribution in [0, 0.1) is 24.8 Å². The number of ketones is 1. The van der Waals surface area contributed by atoms with Crippen LogP contribution in [0.1, 0.15) is 85.3 Å². The van der Waals surface area contributed by atoms with Crippen molar-refractivity contribution in [2.75, 3.05) is 0 Å². The van der Waals surface area contributed by atoms with E-state index in [2.05, 4.69) is 134 Å². The summed E-state index contributed by atoms with van der Waals surface area (Å²) in [5, 5.41) is 16.6. The molecule has 2 heterocycles. The summed E-state index contributed by atoms with van der Waals surface area (Å²) < 4.78 is 1.30. The van der Waals surface area contributed by atoms with E-state index in [0.29, 0.717) is 0 Å². The summed E-state index contributed by atoms with van der Waals surface area (Å²) in [6, 6.07) is 24.2. The van der Waals surface area contributed by atoms with E-state index >= 15 is 0 Å². The largest absolute Gasteiger partial charge is 0.512 e. The van der Waals surface area contributed by atoms with Crippen LogP contribution >= 0.6 is 11.3 Å². The average Bonchev–Trinajstić information content (AvgIpc) is 3.44. The van der Waals surface area contributed by atoms with E-state index in [1.165, 1.54) is 53.5 Å². The van der Waals surface area contributed by atoms with Gasteiger partial charge in [0.2, 0.25) is 0 Å².